The molecule has 25 heavy (non-hydrogen) atoms. The van der Waals surface area contributed by atoms with E-state index >= 15 is 0 Å². The number of ether oxygens (including phenoxy) is 1. The second-order valence-electron chi connectivity index (χ2n) is 8.13. The summed E-state index contributed by atoms with van der Waals surface area (Å²) in [5.74, 6) is 0. The van der Waals surface area contributed by atoms with Gasteiger partial charge in [0.05, 0.1) is 22.8 Å². The second kappa shape index (κ2) is 6.36. The third kappa shape index (κ3) is 4.33. The van der Waals surface area contributed by atoms with Gasteiger partial charge in [-0.15, -0.1) is 0 Å². The fraction of sp³-hybridized carbons (Fsp3) is 0.556. The fourth-order valence-electron chi connectivity index (χ4n) is 2.32. The third-order valence-corrected chi connectivity index (χ3v) is 4.32. The van der Waals surface area contributed by atoms with E-state index in [4.69, 9.17) is 14.0 Å². The molecule has 7 heteroatoms. The summed E-state index contributed by atoms with van der Waals surface area (Å²) < 4.78 is 17.4. The maximum atomic E-state index is 12.1. The average Bonchev–Trinajstić information content (AvgIpc) is 2.65. The van der Waals surface area contributed by atoms with Crippen LogP contribution in [-0.2, 0) is 14.0 Å². The van der Waals surface area contributed by atoms with Crippen LogP contribution in [0, 0.1) is 11.3 Å². The largest absolute Gasteiger partial charge is 0.497 e. The van der Waals surface area contributed by atoms with Gasteiger partial charge in [-0.2, -0.15) is 5.26 Å². The van der Waals surface area contributed by atoms with Crippen molar-refractivity contribution >= 4 is 24.4 Å². The molecule has 1 N–H and O–H groups in total. The van der Waals surface area contributed by atoms with Crippen LogP contribution >= 0.6 is 0 Å². The number of hydrogen-bond acceptors (Lipinski definition) is 5. The first-order valence-corrected chi connectivity index (χ1v) is 8.24. The van der Waals surface area contributed by atoms with E-state index < -0.39 is 30.0 Å². The van der Waals surface area contributed by atoms with Gasteiger partial charge in [-0.05, 0) is 66.7 Å². The molecule has 0 unspecified atom stereocenters. The molecule has 0 atom stereocenters. The van der Waals surface area contributed by atoms with Crippen LogP contribution in [0.1, 0.15) is 54.0 Å². The highest BCUT2D eigenvalue weighted by Crippen LogP contribution is 2.37. The van der Waals surface area contributed by atoms with Gasteiger partial charge in [-0.3, -0.25) is 5.32 Å². The van der Waals surface area contributed by atoms with Crippen molar-refractivity contribution in [3.63, 3.8) is 0 Å². The summed E-state index contributed by atoms with van der Waals surface area (Å²) in [7, 11) is -0.691. The molecule has 0 spiro atoms. The molecule has 1 aliphatic heterocycles. The highest BCUT2D eigenvalue weighted by Gasteiger charge is 2.52. The van der Waals surface area contributed by atoms with Crippen molar-refractivity contribution in [1.29, 1.82) is 5.26 Å². The van der Waals surface area contributed by atoms with Crippen molar-refractivity contribution < 1.29 is 18.8 Å². The lowest BCUT2D eigenvalue weighted by atomic mass is 9.77. The van der Waals surface area contributed by atoms with Crippen molar-refractivity contribution in [1.82, 2.24) is 0 Å². The molecule has 6 nitrogen and oxygen atoms in total. The van der Waals surface area contributed by atoms with Crippen LogP contribution in [0.15, 0.2) is 18.2 Å². The highest BCUT2D eigenvalue weighted by atomic mass is 16.7. The van der Waals surface area contributed by atoms with E-state index in [2.05, 4.69) is 11.4 Å². The van der Waals surface area contributed by atoms with Gasteiger partial charge in [-0.1, -0.05) is 0 Å². The van der Waals surface area contributed by atoms with E-state index in [0.717, 1.165) is 0 Å². The van der Waals surface area contributed by atoms with Gasteiger partial charge in [0.1, 0.15) is 5.60 Å². The monoisotopic (exact) mass is 344 g/mol. The SMILES string of the molecule is CC(C)(C)OC(=O)Nc1ccc(C#N)cc1B1OC(C)(C)C(C)(C)O1. The zero-order valence-corrected chi connectivity index (χ0v) is 15.9. The molecule has 1 saturated heterocycles. The van der Waals surface area contributed by atoms with Crippen LogP contribution < -0.4 is 10.8 Å². The molecule has 0 bridgehead atoms. The van der Waals surface area contributed by atoms with Gasteiger partial charge in [0, 0.05) is 11.2 Å². The van der Waals surface area contributed by atoms with Gasteiger partial charge >= 0.3 is 13.2 Å². The second-order valence-corrected chi connectivity index (χ2v) is 8.13. The van der Waals surface area contributed by atoms with Crippen molar-refractivity contribution in [3.05, 3.63) is 23.8 Å². The van der Waals surface area contributed by atoms with Crippen LogP contribution in [0.25, 0.3) is 0 Å². The van der Waals surface area contributed by atoms with Gasteiger partial charge in [-0.25, -0.2) is 4.79 Å². The number of carbonyl (C=O) groups excluding carboxylic acids is 1. The lowest BCUT2D eigenvalue weighted by Crippen LogP contribution is -2.41. The number of benzene rings is 1. The van der Waals surface area contributed by atoms with Gasteiger partial charge in [0.2, 0.25) is 0 Å². The minimum absolute atomic E-state index is 0.458. The summed E-state index contributed by atoms with van der Waals surface area (Å²) >= 11 is 0. The Labute approximate surface area is 149 Å². The average molecular weight is 344 g/mol. The molecule has 2 rings (SSSR count). The van der Waals surface area contributed by atoms with Crippen LogP contribution in [0.3, 0.4) is 0 Å². The van der Waals surface area contributed by atoms with E-state index in [0.29, 0.717) is 16.7 Å². The maximum absolute atomic E-state index is 12.1. The molecule has 0 radical (unpaired) electrons. The molecule has 134 valence electrons. The quantitative estimate of drug-likeness (QED) is 0.834. The Bertz CT molecular complexity index is 701. The summed E-state index contributed by atoms with van der Waals surface area (Å²) in [5, 5.41) is 11.9. The Morgan fingerprint density at radius 2 is 1.76 bits per heavy atom. The molecule has 1 aliphatic rings. The van der Waals surface area contributed by atoms with Crippen LogP contribution in [0.4, 0.5) is 10.5 Å². The third-order valence-electron chi connectivity index (χ3n) is 4.32. The molecule has 0 aliphatic carbocycles. The molecule has 1 amide bonds. The van der Waals surface area contributed by atoms with Crippen LogP contribution in [0.5, 0.6) is 0 Å². The van der Waals surface area contributed by atoms with E-state index in [-0.39, 0.29) is 0 Å². The van der Waals surface area contributed by atoms with Crippen molar-refractivity contribution in [2.75, 3.05) is 5.32 Å². The number of rotatable bonds is 2. The van der Waals surface area contributed by atoms with E-state index in [1.54, 1.807) is 39.0 Å². The normalized spacial score (nSPS) is 18.6. The summed E-state index contributed by atoms with van der Waals surface area (Å²) in [5.41, 5.74) is -0.122. The summed E-state index contributed by atoms with van der Waals surface area (Å²) in [4.78, 5) is 12.1. The lowest BCUT2D eigenvalue weighted by Gasteiger charge is -2.32. The number of nitrogens with one attached hydrogen (secondary N) is 1. The number of nitriles is 1. The van der Waals surface area contributed by atoms with E-state index in [1.165, 1.54) is 0 Å². The fourth-order valence-corrected chi connectivity index (χ4v) is 2.32. The zero-order valence-electron chi connectivity index (χ0n) is 15.9. The molecule has 1 fully saturated rings. The van der Waals surface area contributed by atoms with Crippen LogP contribution in [0.2, 0.25) is 0 Å². The molecule has 0 aromatic heterocycles. The Balaban J connectivity index is 2.34. The summed E-state index contributed by atoms with van der Waals surface area (Å²) in [6.45, 7) is 13.2. The van der Waals surface area contributed by atoms with Crippen molar-refractivity contribution in [2.45, 2.75) is 65.3 Å². The predicted octanol–water partition coefficient (Wildman–Crippen LogP) is 3.20. The van der Waals surface area contributed by atoms with Crippen LogP contribution in [-0.4, -0.2) is 30.0 Å². The van der Waals surface area contributed by atoms with Gasteiger partial charge in [0.15, 0.2) is 0 Å². The first-order chi connectivity index (χ1) is 11.3. The maximum Gasteiger partial charge on any atom is 0.497 e. The van der Waals surface area contributed by atoms with E-state index in [9.17, 15) is 10.1 Å². The zero-order chi connectivity index (χ0) is 19.0. The first kappa shape index (κ1) is 19.3. The minimum Gasteiger partial charge on any atom is -0.444 e. The molecule has 1 heterocycles. The Morgan fingerprint density at radius 3 is 2.24 bits per heavy atom. The van der Waals surface area contributed by atoms with Gasteiger partial charge in [0.25, 0.3) is 0 Å². The highest BCUT2D eigenvalue weighted by molar-refractivity contribution is 6.64. The smallest absolute Gasteiger partial charge is 0.444 e. The molecule has 0 saturated carbocycles. The lowest BCUT2D eigenvalue weighted by molar-refractivity contribution is 0.00578. The number of hydrogen-bond donors (Lipinski definition) is 1. The standard InChI is InChI=1S/C18H25BN2O4/c1-16(2,3)23-15(22)21-14-9-8-12(11-20)10-13(14)19-24-17(4,5)18(6,7)25-19/h8-10H,1-7H3,(H,21,22). The minimum atomic E-state index is -0.691. The Hall–Kier alpha value is -2.04. The van der Waals surface area contributed by atoms with E-state index in [1.807, 2.05) is 27.7 Å². The number of carbonyl (C=O) groups is 1. The Morgan fingerprint density at radius 1 is 1.20 bits per heavy atom. The number of amides is 1. The Kier molecular flexibility index (Phi) is 4.91. The topological polar surface area (TPSA) is 80.6 Å². The van der Waals surface area contributed by atoms with Crippen molar-refractivity contribution in [2.24, 2.45) is 0 Å². The molecular weight excluding hydrogens is 319 g/mol. The van der Waals surface area contributed by atoms with Crippen molar-refractivity contribution in [3.8, 4) is 6.07 Å². The summed E-state index contributed by atoms with van der Waals surface area (Å²) in [6.07, 6.45) is -0.574. The summed E-state index contributed by atoms with van der Waals surface area (Å²) in [6, 6.07) is 7.04. The first-order valence-electron chi connectivity index (χ1n) is 8.24. The number of anilines is 1. The predicted molar refractivity (Wildman–Crippen MR) is 96.7 cm³/mol. The molecule has 1 aromatic rings. The van der Waals surface area contributed by atoms with Gasteiger partial charge < -0.3 is 14.0 Å². The molecule has 1 aromatic carbocycles. The molecular formula is C18H25BN2O4. The number of nitrogens with zero attached hydrogens (tertiary/aromatic N) is 1.